The van der Waals surface area contributed by atoms with Gasteiger partial charge in [-0.3, -0.25) is 0 Å². The van der Waals surface area contributed by atoms with Crippen LogP contribution in [0.1, 0.15) is 11.1 Å². The number of rotatable bonds is 11. The Morgan fingerprint density at radius 3 is 2.52 bits per heavy atom. The molecular formula is C19H24BrCl2NO4. The third-order valence-corrected chi connectivity index (χ3v) is 4.41. The van der Waals surface area contributed by atoms with Gasteiger partial charge in [-0.25, -0.2) is 0 Å². The van der Waals surface area contributed by atoms with Crippen LogP contribution in [0, 0.1) is 0 Å². The summed E-state index contributed by atoms with van der Waals surface area (Å²) >= 11 is 9.46. The van der Waals surface area contributed by atoms with E-state index in [1.54, 1.807) is 7.11 Å². The third kappa shape index (κ3) is 8.25. The Morgan fingerprint density at radius 1 is 1.11 bits per heavy atom. The lowest BCUT2D eigenvalue weighted by Gasteiger charge is -2.15. The Balaban J connectivity index is 0.00000364. The van der Waals surface area contributed by atoms with Gasteiger partial charge in [0.05, 0.1) is 31.4 Å². The molecule has 27 heavy (non-hydrogen) atoms. The fourth-order valence-corrected chi connectivity index (χ4v) is 3.03. The van der Waals surface area contributed by atoms with Gasteiger partial charge in [0.15, 0.2) is 11.5 Å². The number of halogens is 3. The Bertz CT molecular complexity index is 686. The van der Waals surface area contributed by atoms with Crippen molar-refractivity contribution in [2.75, 3.05) is 33.5 Å². The van der Waals surface area contributed by atoms with Gasteiger partial charge in [0.2, 0.25) is 0 Å². The smallest absolute Gasteiger partial charge is 0.175 e. The van der Waals surface area contributed by atoms with Crippen LogP contribution in [-0.4, -0.2) is 38.6 Å². The van der Waals surface area contributed by atoms with Gasteiger partial charge < -0.3 is 24.6 Å². The van der Waals surface area contributed by atoms with E-state index in [2.05, 4.69) is 21.2 Å². The monoisotopic (exact) mass is 479 g/mol. The first kappa shape index (κ1) is 24.0. The van der Waals surface area contributed by atoms with Gasteiger partial charge in [-0.1, -0.05) is 23.7 Å². The standard InChI is InChI=1S/C19H23BrClNO4.ClH/c1-24-18-11-15(12-22-6-8-25-9-7-23)10-17(20)19(18)26-13-14-2-4-16(21)5-3-14;/h2-5,10-11,22-23H,6-9,12-13H2,1H3;1H. The van der Waals surface area contributed by atoms with Crippen molar-refractivity contribution in [3.63, 3.8) is 0 Å². The minimum atomic E-state index is 0. The quantitative estimate of drug-likeness (QED) is 0.472. The summed E-state index contributed by atoms with van der Waals surface area (Å²) in [5, 5.41) is 12.6. The molecule has 0 aliphatic heterocycles. The predicted molar refractivity (Wildman–Crippen MR) is 113 cm³/mol. The topological polar surface area (TPSA) is 60.0 Å². The number of ether oxygens (including phenoxy) is 3. The van der Waals surface area contributed by atoms with Crippen molar-refractivity contribution in [2.24, 2.45) is 0 Å². The minimum Gasteiger partial charge on any atom is -0.493 e. The van der Waals surface area contributed by atoms with Crippen molar-refractivity contribution in [1.82, 2.24) is 5.32 Å². The Hall–Kier alpha value is -1.02. The van der Waals surface area contributed by atoms with Crippen LogP contribution in [0.4, 0.5) is 0 Å². The maximum Gasteiger partial charge on any atom is 0.175 e. The molecule has 0 bridgehead atoms. The number of hydrogen-bond donors (Lipinski definition) is 2. The number of aliphatic hydroxyl groups excluding tert-OH is 1. The molecule has 2 aromatic carbocycles. The fourth-order valence-electron chi connectivity index (χ4n) is 2.30. The average molecular weight is 481 g/mol. The van der Waals surface area contributed by atoms with Crippen molar-refractivity contribution in [3.8, 4) is 11.5 Å². The summed E-state index contributed by atoms with van der Waals surface area (Å²) in [6.07, 6.45) is 0. The van der Waals surface area contributed by atoms with E-state index in [1.807, 2.05) is 36.4 Å². The molecule has 0 spiro atoms. The van der Waals surface area contributed by atoms with Crippen molar-refractivity contribution in [3.05, 3.63) is 57.0 Å². The molecule has 0 saturated heterocycles. The zero-order valence-electron chi connectivity index (χ0n) is 15.0. The molecule has 0 unspecified atom stereocenters. The van der Waals surface area contributed by atoms with E-state index in [4.69, 9.17) is 30.9 Å². The summed E-state index contributed by atoms with van der Waals surface area (Å²) in [4.78, 5) is 0. The van der Waals surface area contributed by atoms with Crippen LogP contribution in [0.15, 0.2) is 40.9 Å². The first-order valence-corrected chi connectivity index (χ1v) is 9.44. The average Bonchev–Trinajstić information content (AvgIpc) is 2.64. The molecule has 2 rings (SSSR count). The highest BCUT2D eigenvalue weighted by atomic mass is 79.9. The van der Waals surface area contributed by atoms with Crippen LogP contribution in [0.25, 0.3) is 0 Å². The van der Waals surface area contributed by atoms with Gasteiger partial charge in [0.25, 0.3) is 0 Å². The summed E-state index contributed by atoms with van der Waals surface area (Å²) in [6, 6.07) is 11.5. The summed E-state index contributed by atoms with van der Waals surface area (Å²) in [5.74, 6) is 1.33. The van der Waals surface area contributed by atoms with Crippen LogP contribution >= 0.6 is 39.9 Å². The van der Waals surface area contributed by atoms with Gasteiger partial charge in [-0.15, -0.1) is 12.4 Å². The Kier molecular flexibility index (Phi) is 11.7. The van der Waals surface area contributed by atoms with Gasteiger partial charge in [-0.05, 0) is 51.3 Å². The second-order valence-corrected chi connectivity index (χ2v) is 6.83. The van der Waals surface area contributed by atoms with Gasteiger partial charge in [0.1, 0.15) is 6.61 Å². The zero-order valence-corrected chi connectivity index (χ0v) is 18.2. The van der Waals surface area contributed by atoms with E-state index in [1.165, 1.54) is 0 Å². The van der Waals surface area contributed by atoms with E-state index < -0.39 is 0 Å². The molecule has 8 heteroatoms. The molecule has 0 radical (unpaired) electrons. The Labute approximate surface area is 179 Å². The normalized spacial score (nSPS) is 10.4. The zero-order chi connectivity index (χ0) is 18.8. The molecule has 150 valence electrons. The largest absolute Gasteiger partial charge is 0.493 e. The molecule has 0 atom stereocenters. The van der Waals surface area contributed by atoms with E-state index in [9.17, 15) is 0 Å². The number of aliphatic hydroxyl groups is 1. The highest BCUT2D eigenvalue weighted by Crippen LogP contribution is 2.37. The molecule has 0 aliphatic carbocycles. The summed E-state index contributed by atoms with van der Waals surface area (Å²) in [5.41, 5.74) is 2.09. The first-order valence-electron chi connectivity index (χ1n) is 8.27. The predicted octanol–water partition coefficient (Wildman–Crippen LogP) is 4.21. The molecule has 0 aromatic heterocycles. The molecule has 2 N–H and O–H groups in total. The summed E-state index contributed by atoms with van der Waals surface area (Å²) in [6.45, 7) is 2.76. The maximum absolute atomic E-state index is 8.66. The Morgan fingerprint density at radius 2 is 1.85 bits per heavy atom. The lowest BCUT2D eigenvalue weighted by Crippen LogP contribution is -2.20. The molecular weight excluding hydrogens is 457 g/mol. The second-order valence-electron chi connectivity index (χ2n) is 5.54. The molecule has 0 amide bonds. The minimum absolute atomic E-state index is 0. The van der Waals surface area contributed by atoms with Crippen molar-refractivity contribution in [1.29, 1.82) is 0 Å². The van der Waals surface area contributed by atoms with Crippen molar-refractivity contribution >= 4 is 39.9 Å². The van der Waals surface area contributed by atoms with Crippen LogP contribution in [0.3, 0.4) is 0 Å². The molecule has 0 heterocycles. The van der Waals surface area contributed by atoms with E-state index in [0.717, 1.165) is 15.6 Å². The number of hydrogen-bond acceptors (Lipinski definition) is 5. The highest BCUT2D eigenvalue weighted by Gasteiger charge is 2.12. The van der Waals surface area contributed by atoms with Gasteiger partial charge in [0, 0.05) is 18.1 Å². The third-order valence-electron chi connectivity index (χ3n) is 3.57. The van der Waals surface area contributed by atoms with Crippen molar-refractivity contribution < 1.29 is 19.3 Å². The summed E-state index contributed by atoms with van der Waals surface area (Å²) in [7, 11) is 1.62. The second kappa shape index (κ2) is 13.2. The molecule has 0 saturated carbocycles. The lowest BCUT2D eigenvalue weighted by atomic mass is 10.2. The lowest BCUT2D eigenvalue weighted by molar-refractivity contribution is 0.0938. The van der Waals surface area contributed by atoms with Crippen LogP contribution in [0.2, 0.25) is 5.02 Å². The number of benzene rings is 2. The fraction of sp³-hybridized carbons (Fsp3) is 0.368. The van der Waals surface area contributed by atoms with E-state index in [-0.39, 0.29) is 19.0 Å². The van der Waals surface area contributed by atoms with Crippen LogP contribution < -0.4 is 14.8 Å². The molecule has 0 fully saturated rings. The first-order chi connectivity index (χ1) is 12.6. The SMILES string of the molecule is COc1cc(CNCCOCCO)cc(Br)c1OCc1ccc(Cl)cc1.Cl. The number of nitrogens with one attached hydrogen (secondary N) is 1. The van der Waals surface area contributed by atoms with Gasteiger partial charge >= 0.3 is 0 Å². The molecule has 2 aromatic rings. The number of methoxy groups -OCH3 is 1. The highest BCUT2D eigenvalue weighted by molar-refractivity contribution is 9.10. The van der Waals surface area contributed by atoms with E-state index in [0.29, 0.717) is 49.4 Å². The van der Waals surface area contributed by atoms with Gasteiger partial charge in [-0.2, -0.15) is 0 Å². The van der Waals surface area contributed by atoms with E-state index >= 15 is 0 Å². The van der Waals surface area contributed by atoms with Crippen LogP contribution in [-0.2, 0) is 17.9 Å². The molecule has 5 nitrogen and oxygen atoms in total. The maximum atomic E-state index is 8.66. The van der Waals surface area contributed by atoms with Crippen molar-refractivity contribution in [2.45, 2.75) is 13.2 Å². The summed E-state index contributed by atoms with van der Waals surface area (Å²) < 4.78 is 17.5. The molecule has 0 aliphatic rings. The van der Waals surface area contributed by atoms with Crippen LogP contribution in [0.5, 0.6) is 11.5 Å².